The second kappa shape index (κ2) is 6.10. The fourth-order valence-corrected chi connectivity index (χ4v) is 4.93. The molecule has 0 spiro atoms. The van der Waals surface area contributed by atoms with Gasteiger partial charge in [0.15, 0.2) is 0 Å². The van der Waals surface area contributed by atoms with Gasteiger partial charge in [0.05, 0.1) is 6.33 Å². The van der Waals surface area contributed by atoms with Crippen LogP contribution in [0.1, 0.15) is 57.2 Å². The lowest BCUT2D eigenvalue weighted by Gasteiger charge is -2.39. The molecule has 1 aliphatic heterocycles. The molecule has 2 fully saturated rings. The van der Waals surface area contributed by atoms with Crippen molar-refractivity contribution in [1.29, 1.82) is 0 Å². The number of aromatic nitrogens is 2. The van der Waals surface area contributed by atoms with Crippen LogP contribution in [0.4, 0.5) is 0 Å². The zero-order valence-corrected chi connectivity index (χ0v) is 13.6. The molecule has 2 unspecified atom stereocenters. The molecule has 2 aliphatic rings. The van der Waals surface area contributed by atoms with E-state index in [1.165, 1.54) is 44.2 Å². The first-order chi connectivity index (χ1) is 9.74. The van der Waals surface area contributed by atoms with Gasteiger partial charge in [-0.3, -0.25) is 0 Å². The van der Waals surface area contributed by atoms with Crippen LogP contribution in [-0.4, -0.2) is 34.1 Å². The Hall–Kier alpha value is -0.480. The molecule has 1 aromatic rings. The number of piperidine rings is 1. The van der Waals surface area contributed by atoms with E-state index in [0.29, 0.717) is 11.5 Å². The Bertz CT molecular complexity index is 437. The van der Waals surface area contributed by atoms with E-state index in [4.69, 9.17) is 0 Å². The summed E-state index contributed by atoms with van der Waals surface area (Å²) in [6, 6.07) is 0.656. The minimum Gasteiger partial charge on any atom is -0.330 e. The van der Waals surface area contributed by atoms with Gasteiger partial charge in [0.2, 0.25) is 0 Å². The van der Waals surface area contributed by atoms with Crippen molar-refractivity contribution in [3.63, 3.8) is 0 Å². The first kappa shape index (κ1) is 14.5. The molecule has 2 atom stereocenters. The van der Waals surface area contributed by atoms with Crippen LogP contribution in [0.5, 0.6) is 0 Å². The first-order valence-electron chi connectivity index (χ1n) is 8.00. The van der Waals surface area contributed by atoms with Gasteiger partial charge < -0.3 is 9.88 Å². The minimum absolute atomic E-state index is 0.308. The smallest absolute Gasteiger partial charge is 0.0951 e. The van der Waals surface area contributed by atoms with Crippen LogP contribution >= 0.6 is 11.8 Å². The monoisotopic (exact) mass is 293 g/mol. The minimum atomic E-state index is 0.308. The third-order valence-corrected chi connectivity index (χ3v) is 6.47. The lowest BCUT2D eigenvalue weighted by atomic mass is 9.78. The zero-order valence-electron chi connectivity index (χ0n) is 12.8. The van der Waals surface area contributed by atoms with Gasteiger partial charge in [0.1, 0.15) is 0 Å². The molecule has 112 valence electrons. The fraction of sp³-hybridized carbons (Fsp3) is 0.812. The maximum absolute atomic E-state index is 4.52. The Balaban J connectivity index is 1.89. The highest BCUT2D eigenvalue weighted by Gasteiger charge is 2.35. The standard InChI is InChI=1S/C16H27N3S/c1-16(7-9-17-10-8-16)15-11-18-12-19(15)13-5-3-4-6-14(13)20-2/h11-14,17H,3-10H2,1-2H3. The molecular formula is C16H27N3S. The van der Waals surface area contributed by atoms with Crippen LogP contribution in [0.25, 0.3) is 0 Å². The summed E-state index contributed by atoms with van der Waals surface area (Å²) in [6.45, 7) is 4.70. The van der Waals surface area contributed by atoms with Crippen molar-refractivity contribution in [2.24, 2.45) is 0 Å². The molecule has 1 saturated carbocycles. The number of nitrogens with zero attached hydrogens (tertiary/aromatic N) is 2. The maximum Gasteiger partial charge on any atom is 0.0951 e. The number of imidazole rings is 1. The summed E-state index contributed by atoms with van der Waals surface area (Å²) in [7, 11) is 0. The van der Waals surface area contributed by atoms with E-state index in [2.05, 4.69) is 40.6 Å². The van der Waals surface area contributed by atoms with Gasteiger partial charge >= 0.3 is 0 Å². The van der Waals surface area contributed by atoms with Crippen molar-refractivity contribution < 1.29 is 0 Å². The number of hydrogen-bond donors (Lipinski definition) is 1. The van der Waals surface area contributed by atoms with Crippen LogP contribution < -0.4 is 5.32 Å². The summed E-state index contributed by atoms with van der Waals surface area (Å²) >= 11 is 2.05. The summed E-state index contributed by atoms with van der Waals surface area (Å²) in [6.07, 6.45) is 14.4. The summed E-state index contributed by atoms with van der Waals surface area (Å²) in [5.41, 5.74) is 1.78. The highest BCUT2D eigenvalue weighted by molar-refractivity contribution is 7.99. The third-order valence-electron chi connectivity index (χ3n) is 5.32. The van der Waals surface area contributed by atoms with Crippen molar-refractivity contribution in [1.82, 2.24) is 14.9 Å². The molecule has 0 amide bonds. The van der Waals surface area contributed by atoms with E-state index >= 15 is 0 Å². The Morgan fingerprint density at radius 1 is 1.30 bits per heavy atom. The normalized spacial score (nSPS) is 30.3. The van der Waals surface area contributed by atoms with Gasteiger partial charge in [-0.2, -0.15) is 11.8 Å². The second-order valence-corrected chi connectivity index (χ2v) is 7.70. The summed E-state index contributed by atoms with van der Waals surface area (Å²) < 4.78 is 2.53. The van der Waals surface area contributed by atoms with Crippen molar-refractivity contribution >= 4 is 11.8 Å². The Labute approximate surface area is 126 Å². The molecule has 0 radical (unpaired) electrons. The van der Waals surface area contributed by atoms with Crippen molar-refractivity contribution in [3.8, 4) is 0 Å². The van der Waals surface area contributed by atoms with E-state index < -0.39 is 0 Å². The van der Waals surface area contributed by atoms with Gasteiger partial charge in [-0.05, 0) is 45.0 Å². The molecule has 1 aromatic heterocycles. The van der Waals surface area contributed by atoms with Crippen molar-refractivity contribution in [3.05, 3.63) is 18.2 Å². The van der Waals surface area contributed by atoms with Gasteiger partial charge in [0.25, 0.3) is 0 Å². The lowest BCUT2D eigenvalue weighted by Crippen LogP contribution is -2.40. The fourth-order valence-electron chi connectivity index (χ4n) is 3.94. The van der Waals surface area contributed by atoms with Gasteiger partial charge in [-0.15, -0.1) is 0 Å². The predicted molar refractivity (Wildman–Crippen MR) is 86.5 cm³/mol. The largest absolute Gasteiger partial charge is 0.330 e. The highest BCUT2D eigenvalue weighted by Crippen LogP contribution is 2.40. The Morgan fingerprint density at radius 3 is 2.80 bits per heavy atom. The molecule has 0 bridgehead atoms. The SMILES string of the molecule is CSC1CCCCC1n1cncc1C1(C)CCNCC1. The second-order valence-electron chi connectivity index (χ2n) is 6.62. The average molecular weight is 293 g/mol. The maximum atomic E-state index is 4.52. The molecule has 1 N–H and O–H groups in total. The molecule has 1 saturated heterocycles. The summed E-state index contributed by atoms with van der Waals surface area (Å²) in [5.74, 6) is 0. The van der Waals surface area contributed by atoms with Crippen LogP contribution in [0.3, 0.4) is 0 Å². The Kier molecular flexibility index (Phi) is 4.41. The predicted octanol–water partition coefficient (Wildman–Crippen LogP) is 3.37. The molecule has 0 aromatic carbocycles. The number of nitrogens with one attached hydrogen (secondary N) is 1. The van der Waals surface area contributed by atoms with E-state index in [9.17, 15) is 0 Å². The lowest BCUT2D eigenvalue weighted by molar-refractivity contribution is 0.289. The topological polar surface area (TPSA) is 29.9 Å². The first-order valence-corrected chi connectivity index (χ1v) is 9.29. The quantitative estimate of drug-likeness (QED) is 0.926. The van der Waals surface area contributed by atoms with Crippen molar-refractivity contribution in [2.75, 3.05) is 19.3 Å². The van der Waals surface area contributed by atoms with Crippen LogP contribution in [0.2, 0.25) is 0 Å². The molecule has 3 rings (SSSR count). The van der Waals surface area contributed by atoms with Crippen LogP contribution in [0, 0.1) is 0 Å². The third kappa shape index (κ3) is 2.64. The van der Waals surface area contributed by atoms with Crippen molar-refractivity contribution in [2.45, 2.75) is 62.2 Å². The zero-order chi connectivity index (χ0) is 14.0. The van der Waals surface area contributed by atoms with Crippen LogP contribution in [-0.2, 0) is 5.41 Å². The number of rotatable bonds is 3. The summed E-state index contributed by atoms with van der Waals surface area (Å²) in [5, 5.41) is 4.25. The van der Waals surface area contributed by atoms with Gasteiger partial charge in [-0.1, -0.05) is 19.8 Å². The van der Waals surface area contributed by atoms with Gasteiger partial charge in [-0.25, -0.2) is 4.98 Å². The number of thioether (sulfide) groups is 1. The Morgan fingerprint density at radius 2 is 2.05 bits per heavy atom. The summed E-state index contributed by atoms with van der Waals surface area (Å²) in [4.78, 5) is 4.52. The van der Waals surface area contributed by atoms with E-state index in [1.807, 2.05) is 11.8 Å². The van der Waals surface area contributed by atoms with Gasteiger partial charge in [0, 0.05) is 28.6 Å². The molecular weight excluding hydrogens is 266 g/mol. The van der Waals surface area contributed by atoms with Crippen LogP contribution in [0.15, 0.2) is 12.5 Å². The molecule has 2 heterocycles. The number of hydrogen-bond acceptors (Lipinski definition) is 3. The van der Waals surface area contributed by atoms with E-state index in [1.54, 1.807) is 0 Å². The average Bonchev–Trinajstić information content (AvgIpc) is 2.98. The molecule has 20 heavy (non-hydrogen) atoms. The molecule has 1 aliphatic carbocycles. The highest BCUT2D eigenvalue weighted by atomic mass is 32.2. The van der Waals surface area contributed by atoms with E-state index in [0.717, 1.165) is 18.3 Å². The van der Waals surface area contributed by atoms with E-state index in [-0.39, 0.29) is 0 Å². The molecule has 4 heteroatoms. The molecule has 3 nitrogen and oxygen atoms in total.